The molecule has 5 heteroatoms. The van der Waals surface area contributed by atoms with Gasteiger partial charge in [-0.3, -0.25) is 0 Å². The van der Waals surface area contributed by atoms with Gasteiger partial charge in [0.05, 0.1) is 0 Å². The normalized spacial score (nSPS) is 24.8. The van der Waals surface area contributed by atoms with E-state index in [-0.39, 0.29) is 5.75 Å². The van der Waals surface area contributed by atoms with Crippen LogP contribution in [0.5, 0.6) is 5.75 Å². The Balaban J connectivity index is 2.13. The van der Waals surface area contributed by atoms with Gasteiger partial charge in [-0.2, -0.15) is 0 Å². The first kappa shape index (κ1) is 14.7. The summed E-state index contributed by atoms with van der Waals surface area (Å²) in [4.78, 5) is 0.451. The van der Waals surface area contributed by atoms with Crippen LogP contribution in [0.2, 0.25) is 0 Å². The Morgan fingerprint density at radius 2 is 1.89 bits per heavy atom. The molecule has 1 aromatic carbocycles. The Bertz CT molecular complexity index is 419. The molecule has 106 valence electrons. The lowest BCUT2D eigenvalue weighted by Crippen LogP contribution is -2.17. The van der Waals surface area contributed by atoms with Crippen molar-refractivity contribution in [1.82, 2.24) is 0 Å². The topological polar surface area (TPSA) is 9.23 Å². The SMILES string of the molecule is FC(F)(F)Oc1cccc(C2CCCCC(Br)C2)c1. The van der Waals surface area contributed by atoms with E-state index >= 15 is 0 Å². The minimum Gasteiger partial charge on any atom is -0.406 e. The van der Waals surface area contributed by atoms with E-state index in [4.69, 9.17) is 0 Å². The Labute approximate surface area is 119 Å². The molecule has 1 aliphatic rings. The molecular weight excluding hydrogens is 321 g/mol. The molecule has 2 unspecified atom stereocenters. The molecule has 1 fully saturated rings. The molecule has 1 nitrogen and oxygen atoms in total. The molecule has 0 bridgehead atoms. The Kier molecular flexibility index (Phi) is 4.76. The van der Waals surface area contributed by atoms with Gasteiger partial charge in [0.25, 0.3) is 0 Å². The number of rotatable bonds is 2. The Hall–Kier alpha value is -0.710. The third kappa shape index (κ3) is 4.71. The van der Waals surface area contributed by atoms with E-state index in [1.807, 2.05) is 6.07 Å². The molecule has 0 N–H and O–H groups in total. The first-order chi connectivity index (χ1) is 8.94. The molecule has 19 heavy (non-hydrogen) atoms. The third-order valence-corrected chi connectivity index (χ3v) is 4.25. The summed E-state index contributed by atoms with van der Waals surface area (Å²) < 4.78 is 40.6. The minimum absolute atomic E-state index is 0.125. The van der Waals surface area contributed by atoms with Crippen LogP contribution >= 0.6 is 15.9 Å². The molecule has 0 aliphatic heterocycles. The van der Waals surface area contributed by atoms with Gasteiger partial charge in [-0.05, 0) is 42.9 Å². The quantitative estimate of drug-likeness (QED) is 0.519. The first-order valence-electron chi connectivity index (χ1n) is 6.44. The maximum atomic E-state index is 12.2. The summed E-state index contributed by atoms with van der Waals surface area (Å²) >= 11 is 3.63. The van der Waals surface area contributed by atoms with E-state index in [1.54, 1.807) is 6.07 Å². The highest BCUT2D eigenvalue weighted by Crippen LogP contribution is 2.36. The number of halogens is 4. The molecule has 0 heterocycles. The number of ether oxygens (including phenoxy) is 1. The summed E-state index contributed by atoms with van der Waals surface area (Å²) in [5, 5.41) is 0. The zero-order valence-electron chi connectivity index (χ0n) is 10.4. The van der Waals surface area contributed by atoms with Crippen LogP contribution in [0.3, 0.4) is 0 Å². The second-order valence-electron chi connectivity index (χ2n) is 4.93. The van der Waals surface area contributed by atoms with Gasteiger partial charge in [0.2, 0.25) is 0 Å². The second kappa shape index (κ2) is 6.16. The summed E-state index contributed by atoms with van der Waals surface area (Å²) in [6, 6.07) is 6.38. The van der Waals surface area contributed by atoms with Crippen molar-refractivity contribution in [2.24, 2.45) is 0 Å². The molecule has 0 amide bonds. The number of hydrogen-bond donors (Lipinski definition) is 0. The summed E-state index contributed by atoms with van der Waals surface area (Å²) in [6.45, 7) is 0. The lowest BCUT2D eigenvalue weighted by molar-refractivity contribution is -0.274. The number of alkyl halides is 4. The van der Waals surface area contributed by atoms with E-state index in [9.17, 15) is 13.2 Å². The first-order valence-corrected chi connectivity index (χ1v) is 7.35. The van der Waals surface area contributed by atoms with Crippen LogP contribution in [0.1, 0.15) is 43.6 Å². The second-order valence-corrected chi connectivity index (χ2v) is 6.23. The van der Waals surface area contributed by atoms with Gasteiger partial charge in [-0.15, -0.1) is 13.2 Å². The van der Waals surface area contributed by atoms with E-state index < -0.39 is 6.36 Å². The van der Waals surface area contributed by atoms with Crippen molar-refractivity contribution in [1.29, 1.82) is 0 Å². The monoisotopic (exact) mass is 336 g/mol. The third-order valence-electron chi connectivity index (χ3n) is 3.42. The van der Waals surface area contributed by atoms with E-state index in [0.717, 1.165) is 31.2 Å². The largest absolute Gasteiger partial charge is 0.573 e. The molecule has 1 aromatic rings. The highest BCUT2D eigenvalue weighted by Gasteiger charge is 2.31. The van der Waals surface area contributed by atoms with Crippen LogP contribution < -0.4 is 4.74 Å². The van der Waals surface area contributed by atoms with Gasteiger partial charge in [-0.25, -0.2) is 0 Å². The van der Waals surface area contributed by atoms with Crippen LogP contribution in [-0.2, 0) is 0 Å². The average Bonchev–Trinajstić information content (AvgIpc) is 2.52. The summed E-state index contributed by atoms with van der Waals surface area (Å²) in [7, 11) is 0. The van der Waals surface area contributed by atoms with Crippen LogP contribution in [0.15, 0.2) is 24.3 Å². The van der Waals surface area contributed by atoms with Gasteiger partial charge in [-0.1, -0.05) is 40.9 Å². The fourth-order valence-electron chi connectivity index (χ4n) is 2.57. The standard InChI is InChI=1S/C14H16BrF3O/c15-12-6-2-1-4-10(8-12)11-5-3-7-13(9-11)19-14(16,17)18/h3,5,7,9-10,12H,1-2,4,6,8H2. The smallest absolute Gasteiger partial charge is 0.406 e. The maximum absolute atomic E-state index is 12.2. The van der Waals surface area contributed by atoms with Gasteiger partial charge >= 0.3 is 6.36 Å². The molecular formula is C14H16BrF3O. The van der Waals surface area contributed by atoms with Gasteiger partial charge < -0.3 is 4.74 Å². The highest BCUT2D eigenvalue weighted by molar-refractivity contribution is 9.09. The molecule has 0 aromatic heterocycles. The molecule has 0 saturated heterocycles. The van der Waals surface area contributed by atoms with E-state index in [1.165, 1.54) is 18.6 Å². The van der Waals surface area contributed by atoms with Crippen molar-refractivity contribution in [2.75, 3.05) is 0 Å². The van der Waals surface area contributed by atoms with Crippen LogP contribution in [0.25, 0.3) is 0 Å². The Morgan fingerprint density at radius 3 is 2.63 bits per heavy atom. The fourth-order valence-corrected chi connectivity index (χ4v) is 3.34. The molecule has 2 atom stereocenters. The lowest BCUT2D eigenvalue weighted by atomic mass is 9.92. The van der Waals surface area contributed by atoms with Gasteiger partial charge in [0.1, 0.15) is 5.75 Å². The average molecular weight is 337 g/mol. The predicted octanol–water partition coefficient (Wildman–Crippen LogP) is 5.40. The summed E-state index contributed by atoms with van der Waals surface area (Å²) in [6.07, 6.45) is 0.796. The zero-order valence-corrected chi connectivity index (χ0v) is 12.0. The maximum Gasteiger partial charge on any atom is 0.573 e. The summed E-state index contributed by atoms with van der Waals surface area (Å²) in [5.74, 6) is 0.184. The highest BCUT2D eigenvalue weighted by atomic mass is 79.9. The van der Waals surface area contributed by atoms with Crippen molar-refractivity contribution < 1.29 is 17.9 Å². The van der Waals surface area contributed by atoms with Crippen LogP contribution in [0.4, 0.5) is 13.2 Å². The van der Waals surface area contributed by atoms with Crippen molar-refractivity contribution in [3.05, 3.63) is 29.8 Å². The molecule has 1 saturated carbocycles. The van der Waals surface area contributed by atoms with E-state index in [2.05, 4.69) is 20.7 Å². The summed E-state index contributed by atoms with van der Waals surface area (Å²) in [5.41, 5.74) is 0.938. The fraction of sp³-hybridized carbons (Fsp3) is 0.571. The zero-order chi connectivity index (χ0) is 13.9. The minimum atomic E-state index is -4.62. The number of hydrogen-bond acceptors (Lipinski definition) is 1. The number of benzene rings is 1. The van der Waals surface area contributed by atoms with Gasteiger partial charge in [0, 0.05) is 4.83 Å². The van der Waals surface area contributed by atoms with Crippen LogP contribution in [0, 0.1) is 0 Å². The van der Waals surface area contributed by atoms with Crippen molar-refractivity contribution in [2.45, 2.75) is 49.2 Å². The van der Waals surface area contributed by atoms with Crippen molar-refractivity contribution in [3.8, 4) is 5.75 Å². The van der Waals surface area contributed by atoms with E-state index in [0.29, 0.717) is 10.7 Å². The molecule has 1 aliphatic carbocycles. The lowest BCUT2D eigenvalue weighted by Gasteiger charge is -2.18. The van der Waals surface area contributed by atoms with Crippen molar-refractivity contribution in [3.63, 3.8) is 0 Å². The predicted molar refractivity (Wildman–Crippen MR) is 71.7 cm³/mol. The molecule has 2 rings (SSSR count). The van der Waals surface area contributed by atoms with Crippen LogP contribution in [-0.4, -0.2) is 11.2 Å². The molecule has 0 spiro atoms. The Morgan fingerprint density at radius 1 is 1.16 bits per heavy atom. The van der Waals surface area contributed by atoms with Crippen molar-refractivity contribution >= 4 is 15.9 Å². The van der Waals surface area contributed by atoms with Gasteiger partial charge in [0.15, 0.2) is 0 Å². The molecule has 0 radical (unpaired) electrons.